The molecule has 3 N–H and O–H groups in total. The second-order valence-electron chi connectivity index (χ2n) is 3.55. The fourth-order valence-electron chi connectivity index (χ4n) is 1.61. The highest BCUT2D eigenvalue weighted by atomic mass is 35.5. The maximum Gasteiger partial charge on any atom is 0.0931 e. The molecule has 0 aliphatic carbocycles. The Morgan fingerprint density at radius 3 is 2.50 bits per heavy atom. The zero-order valence-corrected chi connectivity index (χ0v) is 10.3. The van der Waals surface area contributed by atoms with E-state index in [1.54, 1.807) is 11.3 Å². The van der Waals surface area contributed by atoms with Gasteiger partial charge in [-0.1, -0.05) is 41.9 Å². The average molecular weight is 253 g/mol. The minimum absolute atomic E-state index is 0.125. The Morgan fingerprint density at radius 2 is 1.94 bits per heavy atom. The Balaban J connectivity index is 2.12. The Bertz CT molecular complexity index is 441. The van der Waals surface area contributed by atoms with Crippen molar-refractivity contribution in [1.82, 2.24) is 5.43 Å². The number of nitrogens with one attached hydrogen (secondary N) is 1. The van der Waals surface area contributed by atoms with Gasteiger partial charge < -0.3 is 0 Å². The molecule has 1 heterocycles. The quantitative estimate of drug-likeness (QED) is 0.648. The summed E-state index contributed by atoms with van der Waals surface area (Å²) < 4.78 is 0.795. The molecule has 2 nitrogen and oxygen atoms in total. The highest BCUT2D eigenvalue weighted by molar-refractivity contribution is 7.16. The van der Waals surface area contributed by atoms with Crippen LogP contribution < -0.4 is 11.3 Å². The molecule has 0 saturated carbocycles. The van der Waals surface area contributed by atoms with Gasteiger partial charge in [-0.3, -0.25) is 11.3 Å². The van der Waals surface area contributed by atoms with Crippen LogP contribution in [-0.2, 0) is 6.42 Å². The van der Waals surface area contributed by atoms with Crippen LogP contribution in [0.3, 0.4) is 0 Å². The topological polar surface area (TPSA) is 38.0 Å². The molecule has 0 aliphatic heterocycles. The minimum atomic E-state index is 0.125. The molecule has 2 aromatic rings. The fraction of sp³-hybridized carbons (Fsp3) is 0.167. The molecular formula is C12H13ClN2S. The van der Waals surface area contributed by atoms with E-state index in [1.807, 2.05) is 30.3 Å². The molecule has 4 heteroatoms. The van der Waals surface area contributed by atoms with E-state index in [1.165, 1.54) is 5.56 Å². The maximum absolute atomic E-state index is 5.91. The van der Waals surface area contributed by atoms with E-state index in [9.17, 15) is 0 Å². The van der Waals surface area contributed by atoms with Crippen LogP contribution in [-0.4, -0.2) is 0 Å². The molecule has 0 bridgehead atoms. The Labute approximate surface area is 104 Å². The van der Waals surface area contributed by atoms with Crippen molar-refractivity contribution in [3.05, 3.63) is 57.2 Å². The largest absolute Gasteiger partial charge is 0.271 e. The van der Waals surface area contributed by atoms with Crippen LogP contribution in [0.1, 0.15) is 16.5 Å². The number of hydrogen-bond donors (Lipinski definition) is 2. The van der Waals surface area contributed by atoms with Gasteiger partial charge in [0.15, 0.2) is 0 Å². The molecule has 1 atom stereocenters. The van der Waals surface area contributed by atoms with Gasteiger partial charge in [0.05, 0.1) is 10.4 Å². The predicted octanol–water partition coefficient (Wildman–Crippen LogP) is 3.15. The molecule has 0 spiro atoms. The van der Waals surface area contributed by atoms with E-state index >= 15 is 0 Å². The molecule has 1 aromatic heterocycles. The van der Waals surface area contributed by atoms with E-state index in [2.05, 4.69) is 17.6 Å². The Morgan fingerprint density at radius 1 is 1.19 bits per heavy atom. The standard InChI is InChI=1S/C12H13ClN2S/c13-12-7-6-11(16-12)10(15-14)8-9-4-2-1-3-5-9/h1-7,10,15H,8,14H2. The van der Waals surface area contributed by atoms with Crippen molar-refractivity contribution in [2.24, 2.45) is 5.84 Å². The summed E-state index contributed by atoms with van der Waals surface area (Å²) in [5, 5.41) is 0. The van der Waals surface area contributed by atoms with Gasteiger partial charge in [-0.2, -0.15) is 0 Å². The lowest BCUT2D eigenvalue weighted by molar-refractivity contribution is 0.560. The average Bonchev–Trinajstić information content (AvgIpc) is 2.74. The lowest BCUT2D eigenvalue weighted by Gasteiger charge is -2.13. The molecule has 0 radical (unpaired) electrons. The van der Waals surface area contributed by atoms with Crippen LogP contribution in [0.2, 0.25) is 4.34 Å². The molecule has 1 aromatic carbocycles. The highest BCUT2D eigenvalue weighted by Crippen LogP contribution is 2.28. The monoisotopic (exact) mass is 252 g/mol. The van der Waals surface area contributed by atoms with Crippen LogP contribution in [0.4, 0.5) is 0 Å². The fourth-order valence-corrected chi connectivity index (χ4v) is 2.73. The third-order valence-corrected chi connectivity index (χ3v) is 3.77. The zero-order chi connectivity index (χ0) is 11.4. The molecule has 0 fully saturated rings. The van der Waals surface area contributed by atoms with E-state index in [0.29, 0.717) is 0 Å². The number of rotatable bonds is 4. The highest BCUT2D eigenvalue weighted by Gasteiger charge is 2.12. The summed E-state index contributed by atoms with van der Waals surface area (Å²) in [6, 6.07) is 14.3. The summed E-state index contributed by atoms with van der Waals surface area (Å²) in [6.45, 7) is 0. The Hall–Kier alpha value is -0.870. The van der Waals surface area contributed by atoms with Crippen LogP contribution in [0.5, 0.6) is 0 Å². The SMILES string of the molecule is NNC(Cc1ccccc1)c1ccc(Cl)s1. The molecule has 2 rings (SSSR count). The van der Waals surface area contributed by atoms with Gasteiger partial charge in [0, 0.05) is 4.88 Å². The van der Waals surface area contributed by atoms with Crippen molar-refractivity contribution in [3.8, 4) is 0 Å². The number of hydrogen-bond acceptors (Lipinski definition) is 3. The lowest BCUT2D eigenvalue weighted by atomic mass is 10.1. The second-order valence-corrected chi connectivity index (χ2v) is 5.30. The van der Waals surface area contributed by atoms with E-state index in [0.717, 1.165) is 15.6 Å². The predicted molar refractivity (Wildman–Crippen MR) is 69.5 cm³/mol. The zero-order valence-electron chi connectivity index (χ0n) is 8.69. The van der Waals surface area contributed by atoms with Gasteiger partial charge in [0.2, 0.25) is 0 Å². The van der Waals surface area contributed by atoms with Gasteiger partial charge in [0.1, 0.15) is 0 Å². The Kier molecular flexibility index (Phi) is 3.96. The van der Waals surface area contributed by atoms with Crippen molar-refractivity contribution in [2.45, 2.75) is 12.5 Å². The van der Waals surface area contributed by atoms with Crippen molar-refractivity contribution in [3.63, 3.8) is 0 Å². The summed E-state index contributed by atoms with van der Waals surface area (Å²) >= 11 is 7.48. The van der Waals surface area contributed by atoms with Crippen molar-refractivity contribution in [2.75, 3.05) is 0 Å². The van der Waals surface area contributed by atoms with Crippen LogP contribution in [0, 0.1) is 0 Å². The lowest BCUT2D eigenvalue weighted by Crippen LogP contribution is -2.28. The van der Waals surface area contributed by atoms with Crippen molar-refractivity contribution >= 4 is 22.9 Å². The second kappa shape index (κ2) is 5.46. The summed E-state index contributed by atoms with van der Waals surface area (Å²) in [4.78, 5) is 1.16. The normalized spacial score (nSPS) is 12.6. The summed E-state index contributed by atoms with van der Waals surface area (Å²) in [5.41, 5.74) is 4.09. The molecule has 0 saturated heterocycles. The molecule has 16 heavy (non-hydrogen) atoms. The van der Waals surface area contributed by atoms with Gasteiger partial charge in [0.25, 0.3) is 0 Å². The number of halogens is 1. The summed E-state index contributed by atoms with van der Waals surface area (Å²) in [5.74, 6) is 5.58. The van der Waals surface area contributed by atoms with Crippen LogP contribution in [0.25, 0.3) is 0 Å². The van der Waals surface area contributed by atoms with Crippen molar-refractivity contribution < 1.29 is 0 Å². The first-order valence-electron chi connectivity index (χ1n) is 5.05. The number of nitrogens with two attached hydrogens (primary N) is 1. The van der Waals surface area contributed by atoms with Crippen molar-refractivity contribution in [1.29, 1.82) is 0 Å². The molecule has 84 valence electrons. The summed E-state index contributed by atoms with van der Waals surface area (Å²) in [6.07, 6.45) is 0.869. The summed E-state index contributed by atoms with van der Waals surface area (Å²) in [7, 11) is 0. The molecule has 0 aliphatic rings. The van der Waals surface area contributed by atoms with E-state index in [-0.39, 0.29) is 6.04 Å². The van der Waals surface area contributed by atoms with Crippen LogP contribution in [0.15, 0.2) is 42.5 Å². The van der Waals surface area contributed by atoms with Gasteiger partial charge in [-0.15, -0.1) is 11.3 Å². The first kappa shape index (κ1) is 11.6. The van der Waals surface area contributed by atoms with E-state index in [4.69, 9.17) is 17.4 Å². The first-order chi connectivity index (χ1) is 7.79. The number of thiophene rings is 1. The third kappa shape index (κ3) is 2.83. The molecule has 0 amide bonds. The number of benzene rings is 1. The third-order valence-electron chi connectivity index (χ3n) is 2.42. The van der Waals surface area contributed by atoms with Gasteiger partial charge in [-0.25, -0.2) is 0 Å². The van der Waals surface area contributed by atoms with E-state index < -0.39 is 0 Å². The molecular weight excluding hydrogens is 240 g/mol. The van der Waals surface area contributed by atoms with Gasteiger partial charge >= 0.3 is 0 Å². The smallest absolute Gasteiger partial charge is 0.0931 e. The maximum atomic E-state index is 5.91. The first-order valence-corrected chi connectivity index (χ1v) is 6.24. The minimum Gasteiger partial charge on any atom is -0.271 e. The van der Waals surface area contributed by atoms with Crippen LogP contribution >= 0.6 is 22.9 Å². The molecule has 1 unspecified atom stereocenters. The van der Waals surface area contributed by atoms with Gasteiger partial charge in [-0.05, 0) is 24.1 Å². The number of hydrazine groups is 1.